The standard InChI is InChI=1S/C19H14N4O3/c24-18-12-11-16(21-23(18)14-7-3-1-4-8-14)19-20-17(22-26-19)13-25-15-9-5-2-6-10-15/h1-12H,13H2. The summed E-state index contributed by atoms with van der Waals surface area (Å²) < 4.78 is 12.1. The molecule has 128 valence electrons. The first-order chi connectivity index (χ1) is 12.8. The van der Waals surface area contributed by atoms with Gasteiger partial charge in [0.25, 0.3) is 11.4 Å². The maximum atomic E-state index is 12.1. The minimum atomic E-state index is -0.243. The maximum Gasteiger partial charge on any atom is 0.278 e. The summed E-state index contributed by atoms with van der Waals surface area (Å²) in [6.07, 6.45) is 0. The fourth-order valence-corrected chi connectivity index (χ4v) is 2.36. The van der Waals surface area contributed by atoms with Gasteiger partial charge in [-0.15, -0.1) is 0 Å². The van der Waals surface area contributed by atoms with Crippen LogP contribution in [0.25, 0.3) is 17.3 Å². The number of aromatic nitrogens is 4. The number of benzene rings is 2. The smallest absolute Gasteiger partial charge is 0.278 e. The molecule has 0 N–H and O–H groups in total. The van der Waals surface area contributed by atoms with Crippen molar-refractivity contribution in [2.75, 3.05) is 0 Å². The second-order valence-corrected chi connectivity index (χ2v) is 5.42. The van der Waals surface area contributed by atoms with Crippen molar-refractivity contribution in [3.8, 4) is 23.0 Å². The molecule has 0 unspecified atom stereocenters. The predicted octanol–water partition coefficient (Wildman–Crippen LogP) is 2.86. The Morgan fingerprint density at radius 1 is 0.923 bits per heavy atom. The molecule has 0 spiro atoms. The quantitative estimate of drug-likeness (QED) is 0.552. The van der Waals surface area contributed by atoms with E-state index in [1.807, 2.05) is 48.5 Å². The highest BCUT2D eigenvalue weighted by molar-refractivity contribution is 5.45. The van der Waals surface area contributed by atoms with E-state index in [0.29, 0.717) is 17.2 Å². The molecule has 0 amide bonds. The molecular formula is C19H14N4O3. The van der Waals surface area contributed by atoms with Gasteiger partial charge in [0.2, 0.25) is 5.82 Å². The Morgan fingerprint density at radius 3 is 2.42 bits per heavy atom. The van der Waals surface area contributed by atoms with E-state index in [1.165, 1.54) is 10.7 Å². The zero-order chi connectivity index (χ0) is 17.8. The average molecular weight is 346 g/mol. The van der Waals surface area contributed by atoms with Crippen molar-refractivity contribution in [1.29, 1.82) is 0 Å². The molecule has 2 heterocycles. The molecule has 2 aromatic carbocycles. The summed E-state index contributed by atoms with van der Waals surface area (Å²) in [7, 11) is 0. The lowest BCUT2D eigenvalue weighted by atomic mass is 10.3. The highest BCUT2D eigenvalue weighted by atomic mass is 16.5. The molecule has 7 heteroatoms. The molecule has 26 heavy (non-hydrogen) atoms. The first-order valence-corrected chi connectivity index (χ1v) is 7.96. The molecule has 0 radical (unpaired) electrons. The van der Waals surface area contributed by atoms with Crippen LogP contribution in [0.5, 0.6) is 5.75 Å². The predicted molar refractivity (Wildman–Crippen MR) is 93.9 cm³/mol. The second kappa shape index (κ2) is 7.02. The fraction of sp³-hybridized carbons (Fsp3) is 0.0526. The van der Waals surface area contributed by atoms with E-state index in [1.54, 1.807) is 18.2 Å². The van der Waals surface area contributed by atoms with Crippen LogP contribution in [0.1, 0.15) is 5.82 Å². The third-order valence-corrected chi connectivity index (χ3v) is 3.60. The normalized spacial score (nSPS) is 10.6. The Kier molecular flexibility index (Phi) is 4.26. The summed E-state index contributed by atoms with van der Waals surface area (Å²) in [6.45, 7) is 0.172. The summed E-state index contributed by atoms with van der Waals surface area (Å²) >= 11 is 0. The van der Waals surface area contributed by atoms with Gasteiger partial charge in [-0.05, 0) is 30.3 Å². The summed E-state index contributed by atoms with van der Waals surface area (Å²) in [5.41, 5.74) is 0.825. The largest absolute Gasteiger partial charge is 0.485 e. The molecule has 0 fully saturated rings. The molecule has 7 nitrogen and oxygen atoms in total. The van der Waals surface area contributed by atoms with Gasteiger partial charge >= 0.3 is 0 Å². The Labute approximate surface area is 148 Å². The van der Waals surface area contributed by atoms with Crippen LogP contribution in [-0.4, -0.2) is 19.9 Å². The monoisotopic (exact) mass is 346 g/mol. The number of hydrogen-bond acceptors (Lipinski definition) is 6. The summed E-state index contributed by atoms with van der Waals surface area (Å²) in [6, 6.07) is 21.5. The molecule has 0 aliphatic heterocycles. The first-order valence-electron chi connectivity index (χ1n) is 7.96. The van der Waals surface area contributed by atoms with E-state index in [-0.39, 0.29) is 18.1 Å². The number of para-hydroxylation sites is 2. The zero-order valence-corrected chi connectivity index (χ0v) is 13.6. The minimum absolute atomic E-state index is 0.172. The Morgan fingerprint density at radius 2 is 1.65 bits per heavy atom. The number of hydrogen-bond donors (Lipinski definition) is 0. The molecule has 0 saturated carbocycles. The number of nitrogens with zero attached hydrogens (tertiary/aromatic N) is 4. The molecule has 4 aromatic rings. The van der Waals surface area contributed by atoms with E-state index in [2.05, 4.69) is 15.2 Å². The Hall–Kier alpha value is -3.74. The van der Waals surface area contributed by atoms with Crippen molar-refractivity contribution >= 4 is 0 Å². The van der Waals surface area contributed by atoms with Crippen molar-refractivity contribution in [2.45, 2.75) is 6.61 Å². The molecular weight excluding hydrogens is 332 g/mol. The second-order valence-electron chi connectivity index (χ2n) is 5.42. The average Bonchev–Trinajstić information content (AvgIpc) is 3.17. The van der Waals surface area contributed by atoms with Gasteiger partial charge in [0.15, 0.2) is 6.61 Å². The third-order valence-electron chi connectivity index (χ3n) is 3.60. The molecule has 0 saturated heterocycles. The molecule has 2 aromatic heterocycles. The first kappa shape index (κ1) is 15.8. The van der Waals surface area contributed by atoms with E-state index >= 15 is 0 Å². The molecule has 4 rings (SSSR count). The van der Waals surface area contributed by atoms with Crippen LogP contribution in [0.4, 0.5) is 0 Å². The fourth-order valence-electron chi connectivity index (χ4n) is 2.36. The van der Waals surface area contributed by atoms with Gasteiger partial charge in [-0.3, -0.25) is 4.79 Å². The molecule has 0 bridgehead atoms. The van der Waals surface area contributed by atoms with Gasteiger partial charge in [-0.25, -0.2) is 0 Å². The van der Waals surface area contributed by atoms with Gasteiger partial charge in [0.1, 0.15) is 11.4 Å². The van der Waals surface area contributed by atoms with Crippen molar-refractivity contribution in [2.24, 2.45) is 0 Å². The van der Waals surface area contributed by atoms with Crippen molar-refractivity contribution < 1.29 is 9.26 Å². The maximum absolute atomic E-state index is 12.1. The molecule has 0 aliphatic carbocycles. The van der Waals surface area contributed by atoms with Gasteiger partial charge in [-0.1, -0.05) is 41.6 Å². The number of rotatable bonds is 5. The van der Waals surface area contributed by atoms with Crippen LogP contribution in [0.3, 0.4) is 0 Å². The van der Waals surface area contributed by atoms with Gasteiger partial charge in [0.05, 0.1) is 5.69 Å². The minimum Gasteiger partial charge on any atom is -0.485 e. The SMILES string of the molecule is O=c1ccc(-c2nc(COc3ccccc3)no2)nn1-c1ccccc1. The van der Waals surface area contributed by atoms with Crippen LogP contribution in [0.15, 0.2) is 82.1 Å². The van der Waals surface area contributed by atoms with Crippen LogP contribution < -0.4 is 10.3 Å². The van der Waals surface area contributed by atoms with E-state index in [4.69, 9.17) is 9.26 Å². The lowest BCUT2D eigenvalue weighted by Gasteiger charge is -2.04. The highest BCUT2D eigenvalue weighted by Crippen LogP contribution is 2.15. The lowest BCUT2D eigenvalue weighted by Crippen LogP contribution is -2.20. The lowest BCUT2D eigenvalue weighted by molar-refractivity contribution is 0.287. The van der Waals surface area contributed by atoms with Gasteiger partial charge < -0.3 is 9.26 Å². The van der Waals surface area contributed by atoms with Crippen molar-refractivity contribution in [1.82, 2.24) is 19.9 Å². The van der Waals surface area contributed by atoms with Crippen LogP contribution in [0.2, 0.25) is 0 Å². The Balaban J connectivity index is 1.57. The Bertz CT molecular complexity index is 1060. The van der Waals surface area contributed by atoms with Crippen molar-refractivity contribution in [3.63, 3.8) is 0 Å². The van der Waals surface area contributed by atoms with Gasteiger partial charge in [-0.2, -0.15) is 14.8 Å². The van der Waals surface area contributed by atoms with E-state index in [0.717, 1.165) is 5.75 Å². The molecule has 0 atom stereocenters. The topological polar surface area (TPSA) is 83.0 Å². The van der Waals surface area contributed by atoms with Crippen LogP contribution in [-0.2, 0) is 6.61 Å². The van der Waals surface area contributed by atoms with E-state index in [9.17, 15) is 4.79 Å². The van der Waals surface area contributed by atoms with E-state index < -0.39 is 0 Å². The van der Waals surface area contributed by atoms with Crippen molar-refractivity contribution in [3.05, 3.63) is 89.0 Å². The van der Waals surface area contributed by atoms with Gasteiger partial charge in [0, 0.05) is 6.07 Å². The summed E-state index contributed by atoms with van der Waals surface area (Å²) in [4.78, 5) is 16.4. The molecule has 0 aliphatic rings. The number of ether oxygens (including phenoxy) is 1. The summed E-state index contributed by atoms with van der Waals surface area (Å²) in [5.74, 6) is 1.33. The third kappa shape index (κ3) is 3.36. The van der Waals surface area contributed by atoms with Crippen LogP contribution in [0, 0.1) is 0 Å². The summed E-state index contributed by atoms with van der Waals surface area (Å²) in [5, 5.41) is 8.21. The highest BCUT2D eigenvalue weighted by Gasteiger charge is 2.13. The zero-order valence-electron chi connectivity index (χ0n) is 13.6. The van der Waals surface area contributed by atoms with Crippen LogP contribution >= 0.6 is 0 Å².